The van der Waals surface area contributed by atoms with Gasteiger partial charge >= 0.3 is 0 Å². The quantitative estimate of drug-likeness (QED) is 0.855. The Morgan fingerprint density at radius 1 is 0.950 bits per heavy atom. The number of hydrogen-bond donors (Lipinski definition) is 1. The van der Waals surface area contributed by atoms with Gasteiger partial charge in [-0.15, -0.1) is 0 Å². The largest absolute Gasteiger partial charge is 0.388 e. The monoisotopic (exact) mass is 267 g/mol. The Hall–Kier alpha value is -1.80. The van der Waals surface area contributed by atoms with Crippen LogP contribution in [0.2, 0.25) is 0 Å². The molecule has 2 atom stereocenters. The normalized spacial score (nSPS) is 25.6. The molecule has 1 N–H and O–H groups in total. The van der Waals surface area contributed by atoms with Gasteiger partial charge in [0, 0.05) is 5.69 Å². The van der Waals surface area contributed by atoms with Gasteiger partial charge in [0.25, 0.3) is 0 Å². The van der Waals surface area contributed by atoms with Gasteiger partial charge in [-0.25, -0.2) is 0 Å². The van der Waals surface area contributed by atoms with E-state index in [1.807, 2.05) is 38.1 Å². The zero-order chi connectivity index (χ0) is 14.4. The van der Waals surface area contributed by atoms with Gasteiger partial charge in [-0.1, -0.05) is 48.5 Å². The molecule has 2 aromatic carbocycles. The molecule has 0 unspecified atom stereocenters. The minimum absolute atomic E-state index is 0.214. The fourth-order valence-corrected chi connectivity index (χ4v) is 3.13. The van der Waals surface area contributed by atoms with Gasteiger partial charge < -0.3 is 10.0 Å². The summed E-state index contributed by atoms with van der Waals surface area (Å²) >= 11 is 0. The van der Waals surface area contributed by atoms with E-state index in [-0.39, 0.29) is 11.6 Å². The summed E-state index contributed by atoms with van der Waals surface area (Å²) in [7, 11) is 0. The molecule has 0 radical (unpaired) electrons. The van der Waals surface area contributed by atoms with Crippen molar-refractivity contribution in [2.75, 3.05) is 4.90 Å². The molecule has 0 amide bonds. The summed E-state index contributed by atoms with van der Waals surface area (Å²) in [5.41, 5.74) is 1.35. The third-order valence-electron chi connectivity index (χ3n) is 4.61. The number of aliphatic hydroxyl groups is 1. The maximum Gasteiger partial charge on any atom is 0.0906 e. The Balaban J connectivity index is 2.05. The highest BCUT2D eigenvalue weighted by Crippen LogP contribution is 2.60. The van der Waals surface area contributed by atoms with Crippen molar-refractivity contribution >= 4 is 5.69 Å². The summed E-state index contributed by atoms with van der Waals surface area (Å²) in [5, 5.41) is 10.6. The fraction of sp³-hybridized carbons (Fsp3) is 0.333. The van der Waals surface area contributed by atoms with Crippen LogP contribution in [0, 0.1) is 0 Å². The lowest BCUT2D eigenvalue weighted by molar-refractivity contribution is 0.0441. The van der Waals surface area contributed by atoms with E-state index < -0.39 is 5.60 Å². The molecule has 3 rings (SSSR count). The topological polar surface area (TPSA) is 23.2 Å². The highest BCUT2D eigenvalue weighted by atomic mass is 16.3. The third-order valence-corrected chi connectivity index (χ3v) is 4.61. The summed E-state index contributed by atoms with van der Waals surface area (Å²) in [6.07, 6.45) is 0. The molecular formula is C18H21NO. The van der Waals surface area contributed by atoms with E-state index in [0.717, 1.165) is 5.69 Å². The molecular weight excluding hydrogens is 246 g/mol. The number of rotatable bonds is 3. The lowest BCUT2D eigenvalue weighted by Crippen LogP contribution is -2.40. The second-order valence-electron chi connectivity index (χ2n) is 6.23. The van der Waals surface area contributed by atoms with Crippen LogP contribution in [0.25, 0.3) is 0 Å². The molecule has 0 saturated carbocycles. The summed E-state index contributed by atoms with van der Waals surface area (Å²) in [6.45, 7) is 5.93. The SMILES string of the molecule is CC(C)(O)[C@]1(C)[C@@H](c2ccccc2)N1c1ccccc1. The molecule has 2 nitrogen and oxygen atoms in total. The molecule has 20 heavy (non-hydrogen) atoms. The third kappa shape index (κ3) is 1.83. The van der Waals surface area contributed by atoms with E-state index in [4.69, 9.17) is 0 Å². The molecule has 0 aliphatic carbocycles. The Labute approximate surface area is 120 Å². The Kier molecular flexibility index (Phi) is 2.87. The predicted octanol–water partition coefficient (Wildman–Crippen LogP) is 3.78. The Bertz CT molecular complexity index is 540. The van der Waals surface area contributed by atoms with Crippen LogP contribution in [0.15, 0.2) is 60.7 Å². The number of nitrogens with zero attached hydrogens (tertiary/aromatic N) is 1. The summed E-state index contributed by atoms with van der Waals surface area (Å²) in [4.78, 5) is 2.31. The Morgan fingerprint density at radius 2 is 1.45 bits per heavy atom. The lowest BCUT2D eigenvalue weighted by atomic mass is 9.86. The van der Waals surface area contributed by atoms with Crippen molar-refractivity contribution in [2.24, 2.45) is 0 Å². The van der Waals surface area contributed by atoms with Crippen LogP contribution in [-0.2, 0) is 0 Å². The molecule has 0 bridgehead atoms. The molecule has 104 valence electrons. The summed E-state index contributed by atoms with van der Waals surface area (Å²) in [5.74, 6) is 0. The van der Waals surface area contributed by atoms with Crippen molar-refractivity contribution in [1.29, 1.82) is 0 Å². The zero-order valence-electron chi connectivity index (χ0n) is 12.2. The number of benzene rings is 2. The maximum absolute atomic E-state index is 10.6. The van der Waals surface area contributed by atoms with Crippen LogP contribution < -0.4 is 4.90 Å². The first-order valence-electron chi connectivity index (χ1n) is 7.08. The molecule has 0 aromatic heterocycles. The zero-order valence-corrected chi connectivity index (χ0v) is 12.2. The minimum Gasteiger partial charge on any atom is -0.388 e. The first kappa shape index (κ1) is 13.2. The fourth-order valence-electron chi connectivity index (χ4n) is 3.13. The predicted molar refractivity (Wildman–Crippen MR) is 82.8 cm³/mol. The first-order valence-corrected chi connectivity index (χ1v) is 7.08. The number of hydrogen-bond acceptors (Lipinski definition) is 2. The lowest BCUT2D eigenvalue weighted by Gasteiger charge is -2.27. The van der Waals surface area contributed by atoms with Crippen LogP contribution in [-0.4, -0.2) is 16.2 Å². The second kappa shape index (κ2) is 4.35. The molecule has 2 aromatic rings. The minimum atomic E-state index is -0.774. The van der Waals surface area contributed by atoms with Crippen molar-refractivity contribution in [1.82, 2.24) is 0 Å². The molecule has 2 heteroatoms. The van der Waals surface area contributed by atoms with Crippen LogP contribution in [0.5, 0.6) is 0 Å². The standard InChI is InChI=1S/C18H21NO/c1-17(2,20)18(3)16(14-10-6-4-7-11-14)19(18)15-12-8-5-9-13-15/h4-13,16,20H,1-3H3/t16-,18+,19?/m1/s1. The molecule has 0 spiro atoms. The molecule has 1 heterocycles. The van der Waals surface area contributed by atoms with Crippen molar-refractivity contribution in [3.63, 3.8) is 0 Å². The summed E-state index contributed by atoms with van der Waals surface area (Å²) in [6, 6.07) is 20.9. The van der Waals surface area contributed by atoms with Crippen molar-refractivity contribution in [2.45, 2.75) is 38.0 Å². The van der Waals surface area contributed by atoms with Crippen LogP contribution in [0.3, 0.4) is 0 Å². The smallest absolute Gasteiger partial charge is 0.0906 e. The van der Waals surface area contributed by atoms with Crippen LogP contribution >= 0.6 is 0 Å². The van der Waals surface area contributed by atoms with Gasteiger partial charge in [-0.05, 0) is 38.5 Å². The van der Waals surface area contributed by atoms with Crippen molar-refractivity contribution < 1.29 is 5.11 Å². The average Bonchev–Trinajstić information content (AvgIpc) is 3.08. The molecule has 1 aliphatic heterocycles. The highest BCUT2D eigenvalue weighted by molar-refractivity contribution is 5.64. The average molecular weight is 267 g/mol. The van der Waals surface area contributed by atoms with Crippen molar-refractivity contribution in [3.8, 4) is 0 Å². The van der Waals surface area contributed by atoms with E-state index >= 15 is 0 Å². The van der Waals surface area contributed by atoms with E-state index in [2.05, 4.69) is 48.2 Å². The van der Waals surface area contributed by atoms with Crippen LogP contribution in [0.1, 0.15) is 32.4 Å². The van der Waals surface area contributed by atoms with Gasteiger partial charge in [-0.2, -0.15) is 0 Å². The Morgan fingerprint density at radius 3 is 1.95 bits per heavy atom. The van der Waals surface area contributed by atoms with Crippen LogP contribution in [0.4, 0.5) is 5.69 Å². The first-order chi connectivity index (χ1) is 9.46. The van der Waals surface area contributed by atoms with Gasteiger partial charge in [0.05, 0.1) is 17.2 Å². The highest BCUT2D eigenvalue weighted by Gasteiger charge is 2.67. The van der Waals surface area contributed by atoms with Gasteiger partial charge in [-0.3, -0.25) is 0 Å². The second-order valence-corrected chi connectivity index (χ2v) is 6.23. The van der Waals surface area contributed by atoms with Gasteiger partial charge in [0.2, 0.25) is 0 Å². The van der Waals surface area contributed by atoms with E-state index in [0.29, 0.717) is 0 Å². The maximum atomic E-state index is 10.6. The number of para-hydroxylation sites is 1. The van der Waals surface area contributed by atoms with Gasteiger partial charge in [0.1, 0.15) is 0 Å². The van der Waals surface area contributed by atoms with Gasteiger partial charge in [0.15, 0.2) is 0 Å². The summed E-state index contributed by atoms with van der Waals surface area (Å²) < 4.78 is 0. The molecule has 1 aliphatic rings. The van der Waals surface area contributed by atoms with E-state index in [1.165, 1.54) is 5.56 Å². The van der Waals surface area contributed by atoms with E-state index in [1.54, 1.807) is 0 Å². The molecule has 1 fully saturated rings. The number of anilines is 1. The van der Waals surface area contributed by atoms with E-state index in [9.17, 15) is 5.11 Å². The molecule has 1 saturated heterocycles. The van der Waals surface area contributed by atoms with Crippen molar-refractivity contribution in [3.05, 3.63) is 66.2 Å².